The van der Waals surface area contributed by atoms with Crippen molar-refractivity contribution in [3.63, 3.8) is 0 Å². The highest BCUT2D eigenvalue weighted by atomic mass is 35.5. The van der Waals surface area contributed by atoms with Crippen LogP contribution in [0.25, 0.3) is 0 Å². The van der Waals surface area contributed by atoms with Crippen LogP contribution in [0.5, 0.6) is 0 Å². The van der Waals surface area contributed by atoms with E-state index in [4.69, 9.17) is 32.7 Å². The van der Waals surface area contributed by atoms with E-state index >= 15 is 0 Å². The maximum absolute atomic E-state index is 13.0. The molecule has 1 saturated carbocycles. The molecular weight excluding hydrogens is 523 g/mol. The number of ether oxygens (including phenoxy) is 2. The van der Waals surface area contributed by atoms with Crippen LogP contribution in [0.2, 0.25) is 0 Å². The number of benzene rings is 2. The topological polar surface area (TPSA) is 119 Å². The molecule has 194 valence electrons. The van der Waals surface area contributed by atoms with Crippen molar-refractivity contribution in [1.82, 2.24) is 0 Å². The molecule has 3 amide bonds. The fraction of sp³-hybridized carbons (Fsp3) is 0.346. The van der Waals surface area contributed by atoms with Crippen molar-refractivity contribution in [2.45, 2.75) is 30.5 Å². The fourth-order valence-electron chi connectivity index (χ4n) is 4.44. The van der Waals surface area contributed by atoms with Crippen LogP contribution < -0.4 is 10.2 Å². The van der Waals surface area contributed by atoms with E-state index in [0.717, 1.165) is 4.90 Å². The number of rotatable bonds is 7. The molecule has 2 aromatic carbocycles. The van der Waals surface area contributed by atoms with E-state index in [-0.39, 0.29) is 29.7 Å². The normalized spacial score (nSPS) is 22.8. The molecule has 2 aromatic rings. The molecule has 0 spiro atoms. The summed E-state index contributed by atoms with van der Waals surface area (Å²) in [4.78, 5) is 63.5. The summed E-state index contributed by atoms with van der Waals surface area (Å²) < 4.78 is 10.0. The van der Waals surface area contributed by atoms with Gasteiger partial charge in [0.25, 0.3) is 5.91 Å². The highest BCUT2D eigenvalue weighted by Gasteiger charge is 2.52. The standard InChI is InChI=1S/C26H24Cl2N2O7/c1-2-36-25(34)14-6-8-16(9-7-14)29-22(31)13-37-26(35)15-4-3-5-17(10-15)30-23(32)18-11-20(27)21(28)12-19(18)24(30)33/h3-10,18-21H,2,11-13H2,1H3,(H,29,31)/t18-,19-,20-,21+/m1/s1. The third kappa shape index (κ3) is 5.78. The first-order chi connectivity index (χ1) is 17.7. The number of imide groups is 1. The summed E-state index contributed by atoms with van der Waals surface area (Å²) >= 11 is 12.4. The van der Waals surface area contributed by atoms with Crippen molar-refractivity contribution >= 4 is 64.2 Å². The van der Waals surface area contributed by atoms with Crippen LogP contribution in [0.4, 0.5) is 11.4 Å². The van der Waals surface area contributed by atoms with Crippen LogP contribution in [0, 0.1) is 11.8 Å². The zero-order valence-corrected chi connectivity index (χ0v) is 21.3. The first kappa shape index (κ1) is 26.6. The van der Waals surface area contributed by atoms with Crippen LogP contribution in [0.15, 0.2) is 48.5 Å². The maximum atomic E-state index is 13.0. The second-order valence-corrected chi connectivity index (χ2v) is 9.82. The van der Waals surface area contributed by atoms with Gasteiger partial charge in [-0.05, 0) is 62.2 Å². The quantitative estimate of drug-likeness (QED) is 0.319. The molecule has 11 heteroatoms. The Kier molecular flexibility index (Phi) is 8.14. The maximum Gasteiger partial charge on any atom is 0.338 e. The van der Waals surface area contributed by atoms with Crippen LogP contribution in [-0.2, 0) is 23.9 Å². The van der Waals surface area contributed by atoms with Crippen LogP contribution in [-0.4, -0.2) is 53.6 Å². The smallest absolute Gasteiger partial charge is 0.338 e. The lowest BCUT2D eigenvalue weighted by atomic mass is 9.80. The summed E-state index contributed by atoms with van der Waals surface area (Å²) in [6.07, 6.45) is 0.619. The van der Waals surface area contributed by atoms with E-state index in [1.165, 1.54) is 42.5 Å². The minimum atomic E-state index is -0.798. The number of amides is 3. The Balaban J connectivity index is 1.36. The number of anilines is 2. The molecule has 0 aromatic heterocycles. The Morgan fingerprint density at radius 1 is 0.892 bits per heavy atom. The molecule has 0 bridgehead atoms. The van der Waals surface area contributed by atoms with Gasteiger partial charge in [-0.15, -0.1) is 23.2 Å². The monoisotopic (exact) mass is 546 g/mol. The minimum Gasteiger partial charge on any atom is -0.462 e. The zero-order chi connectivity index (χ0) is 26.7. The first-order valence-electron chi connectivity index (χ1n) is 11.7. The van der Waals surface area contributed by atoms with E-state index in [1.54, 1.807) is 13.0 Å². The van der Waals surface area contributed by atoms with Gasteiger partial charge < -0.3 is 14.8 Å². The van der Waals surface area contributed by atoms with E-state index in [2.05, 4.69) is 5.32 Å². The van der Waals surface area contributed by atoms with Gasteiger partial charge in [0, 0.05) is 5.69 Å². The molecule has 1 heterocycles. The molecule has 0 radical (unpaired) electrons. The number of nitrogens with zero attached hydrogens (tertiary/aromatic N) is 1. The van der Waals surface area contributed by atoms with Crippen LogP contribution in [0.3, 0.4) is 0 Å². The number of hydrogen-bond donors (Lipinski definition) is 1. The Morgan fingerprint density at radius 3 is 2.08 bits per heavy atom. The Morgan fingerprint density at radius 2 is 1.49 bits per heavy atom. The summed E-state index contributed by atoms with van der Waals surface area (Å²) in [5.41, 5.74) is 1.06. The molecule has 2 fully saturated rings. The first-order valence-corrected chi connectivity index (χ1v) is 12.6. The summed E-state index contributed by atoms with van der Waals surface area (Å²) in [5.74, 6) is -3.70. The number of halogens is 2. The number of esters is 2. The van der Waals surface area contributed by atoms with E-state index in [1.807, 2.05) is 0 Å². The minimum absolute atomic E-state index is 0.0741. The van der Waals surface area contributed by atoms with Gasteiger partial charge in [-0.2, -0.15) is 0 Å². The number of hydrogen-bond acceptors (Lipinski definition) is 7. The number of carbonyl (C=O) groups is 5. The van der Waals surface area contributed by atoms with Crippen molar-refractivity contribution in [3.8, 4) is 0 Å². The molecule has 2 aliphatic rings. The third-order valence-electron chi connectivity index (χ3n) is 6.27. The van der Waals surface area contributed by atoms with Crippen LogP contribution in [0.1, 0.15) is 40.5 Å². The van der Waals surface area contributed by atoms with Crippen molar-refractivity contribution in [3.05, 3.63) is 59.7 Å². The number of alkyl halides is 2. The SMILES string of the molecule is CCOC(=O)c1ccc(NC(=O)COC(=O)c2cccc(N3C(=O)[C@@H]4C[C@@H](Cl)[C@@H](Cl)C[C@H]4C3=O)c2)cc1. The molecule has 9 nitrogen and oxygen atoms in total. The van der Waals surface area contributed by atoms with E-state index in [9.17, 15) is 24.0 Å². The molecule has 37 heavy (non-hydrogen) atoms. The number of nitrogens with one attached hydrogen (secondary N) is 1. The summed E-state index contributed by atoms with van der Waals surface area (Å²) in [6.45, 7) is 1.38. The lowest BCUT2D eigenvalue weighted by molar-refractivity contribution is -0.122. The predicted octanol–water partition coefficient (Wildman–Crippen LogP) is 3.77. The average Bonchev–Trinajstić information content (AvgIpc) is 3.12. The molecule has 4 atom stereocenters. The van der Waals surface area contributed by atoms with Gasteiger partial charge in [0.05, 0.1) is 46.0 Å². The summed E-state index contributed by atoms with van der Waals surface area (Å²) in [5, 5.41) is 1.76. The van der Waals surface area contributed by atoms with Crippen molar-refractivity contribution in [2.75, 3.05) is 23.4 Å². The third-order valence-corrected chi connectivity index (χ3v) is 7.36. The molecule has 1 saturated heterocycles. The zero-order valence-electron chi connectivity index (χ0n) is 19.8. The fourth-order valence-corrected chi connectivity index (χ4v) is 5.03. The number of carbonyl (C=O) groups excluding carboxylic acids is 5. The molecule has 4 rings (SSSR count). The summed E-state index contributed by atoms with van der Waals surface area (Å²) in [6, 6.07) is 12.0. The highest BCUT2D eigenvalue weighted by Crippen LogP contribution is 2.43. The molecule has 0 unspecified atom stereocenters. The Labute approximate surface area is 223 Å². The lowest BCUT2D eigenvalue weighted by Gasteiger charge is -2.28. The van der Waals surface area contributed by atoms with Crippen molar-refractivity contribution in [1.29, 1.82) is 0 Å². The van der Waals surface area contributed by atoms with Gasteiger partial charge in [0.2, 0.25) is 11.8 Å². The van der Waals surface area contributed by atoms with Gasteiger partial charge >= 0.3 is 11.9 Å². The van der Waals surface area contributed by atoms with Crippen molar-refractivity contribution < 1.29 is 33.4 Å². The Bertz CT molecular complexity index is 1210. The summed E-state index contributed by atoms with van der Waals surface area (Å²) in [7, 11) is 0. The van der Waals surface area contributed by atoms with Gasteiger partial charge in [-0.3, -0.25) is 19.3 Å². The predicted molar refractivity (Wildman–Crippen MR) is 136 cm³/mol. The second-order valence-electron chi connectivity index (χ2n) is 8.70. The molecule has 1 aliphatic carbocycles. The lowest BCUT2D eigenvalue weighted by Crippen LogP contribution is -2.34. The molecule has 1 aliphatic heterocycles. The average molecular weight is 547 g/mol. The Hall–Kier alpha value is -3.43. The van der Waals surface area contributed by atoms with Gasteiger partial charge in [0.1, 0.15) is 0 Å². The largest absolute Gasteiger partial charge is 0.462 e. The highest BCUT2D eigenvalue weighted by molar-refractivity contribution is 6.31. The second kappa shape index (κ2) is 11.3. The van der Waals surface area contributed by atoms with Crippen molar-refractivity contribution in [2.24, 2.45) is 11.8 Å². The van der Waals surface area contributed by atoms with Gasteiger partial charge in [0.15, 0.2) is 6.61 Å². The van der Waals surface area contributed by atoms with E-state index in [0.29, 0.717) is 24.1 Å². The molecule has 1 N–H and O–H groups in total. The number of fused-ring (bicyclic) bond motifs is 1. The van der Waals surface area contributed by atoms with Gasteiger partial charge in [-0.25, -0.2) is 9.59 Å². The molecular formula is C26H24Cl2N2O7. The van der Waals surface area contributed by atoms with Crippen LogP contribution >= 0.6 is 23.2 Å². The van der Waals surface area contributed by atoms with Gasteiger partial charge in [-0.1, -0.05) is 6.07 Å². The van der Waals surface area contributed by atoms with E-state index < -0.39 is 47.0 Å².